The highest BCUT2D eigenvalue weighted by molar-refractivity contribution is 9.10. The summed E-state index contributed by atoms with van der Waals surface area (Å²) < 4.78 is 12.8. The zero-order chi connectivity index (χ0) is 14.9. The van der Waals surface area contributed by atoms with Crippen LogP contribution in [0.4, 0.5) is 0 Å². The predicted octanol–water partition coefficient (Wildman–Crippen LogP) is 3.60. The Hall–Kier alpha value is -0.420. The smallest absolute Gasteiger partial charge is 0.0940 e. The van der Waals surface area contributed by atoms with Gasteiger partial charge in [-0.05, 0) is 49.9 Å². The zero-order valence-corrected chi connectivity index (χ0v) is 14.4. The molecule has 21 heavy (non-hydrogen) atoms. The molecular weight excluding hydrogens is 330 g/mol. The first kappa shape index (κ1) is 15.5. The van der Waals surface area contributed by atoms with Crippen molar-refractivity contribution in [3.05, 3.63) is 33.8 Å². The van der Waals surface area contributed by atoms with Crippen LogP contribution in [0.5, 0.6) is 0 Å². The van der Waals surface area contributed by atoms with Gasteiger partial charge in [-0.1, -0.05) is 28.1 Å². The van der Waals surface area contributed by atoms with Crippen molar-refractivity contribution in [2.24, 2.45) is 5.92 Å². The van der Waals surface area contributed by atoms with Crippen molar-refractivity contribution in [2.45, 2.75) is 37.8 Å². The zero-order valence-electron chi connectivity index (χ0n) is 12.8. The third-order valence-electron chi connectivity index (χ3n) is 4.94. The Balaban J connectivity index is 1.80. The molecule has 0 aliphatic carbocycles. The largest absolute Gasteiger partial charge is 0.378 e. The van der Waals surface area contributed by atoms with Gasteiger partial charge in [0.25, 0.3) is 0 Å². The van der Waals surface area contributed by atoms with Gasteiger partial charge in [-0.2, -0.15) is 0 Å². The van der Waals surface area contributed by atoms with Crippen LogP contribution < -0.4 is 5.32 Å². The molecule has 1 aromatic rings. The molecule has 0 amide bonds. The molecule has 2 saturated heterocycles. The summed E-state index contributed by atoms with van der Waals surface area (Å²) in [7, 11) is 2.06. The standard InChI is InChI=1S/C17H24BrNO2/c1-12-3-4-13(9-15(12)18)16(19-2)14-5-7-21-17(10-14)6-8-20-11-17/h3-4,9,14,16,19H,5-8,10-11H2,1-2H3. The Morgan fingerprint density at radius 1 is 1.38 bits per heavy atom. The Bertz CT molecular complexity index is 500. The SMILES string of the molecule is CNC(c1ccc(C)c(Br)c1)C1CCOC2(CCOC2)C1. The summed E-state index contributed by atoms with van der Waals surface area (Å²) in [4.78, 5) is 0. The highest BCUT2D eigenvalue weighted by atomic mass is 79.9. The molecule has 1 aromatic carbocycles. The lowest BCUT2D eigenvalue weighted by atomic mass is 9.79. The molecule has 3 atom stereocenters. The summed E-state index contributed by atoms with van der Waals surface area (Å²) in [6.45, 7) is 4.57. The average molecular weight is 354 g/mol. The lowest BCUT2D eigenvalue weighted by molar-refractivity contribution is -0.103. The molecule has 3 unspecified atom stereocenters. The van der Waals surface area contributed by atoms with Crippen LogP contribution in [-0.4, -0.2) is 32.5 Å². The molecule has 2 heterocycles. The van der Waals surface area contributed by atoms with Crippen LogP contribution in [0.2, 0.25) is 0 Å². The van der Waals surface area contributed by atoms with Gasteiger partial charge in [0.2, 0.25) is 0 Å². The van der Waals surface area contributed by atoms with Crippen LogP contribution in [0, 0.1) is 12.8 Å². The number of halogens is 1. The third kappa shape index (κ3) is 3.19. The fourth-order valence-electron chi connectivity index (χ4n) is 3.69. The van der Waals surface area contributed by atoms with Crippen molar-refractivity contribution in [1.29, 1.82) is 0 Å². The van der Waals surface area contributed by atoms with Crippen molar-refractivity contribution in [2.75, 3.05) is 26.9 Å². The Kier molecular flexibility index (Phi) is 4.69. The maximum Gasteiger partial charge on any atom is 0.0940 e. The van der Waals surface area contributed by atoms with Crippen molar-refractivity contribution >= 4 is 15.9 Å². The van der Waals surface area contributed by atoms with E-state index >= 15 is 0 Å². The molecule has 4 heteroatoms. The van der Waals surface area contributed by atoms with E-state index in [2.05, 4.69) is 53.4 Å². The molecule has 1 spiro atoms. The Labute approximate surface area is 135 Å². The van der Waals surface area contributed by atoms with Crippen LogP contribution in [0.3, 0.4) is 0 Å². The van der Waals surface area contributed by atoms with E-state index < -0.39 is 0 Å². The average Bonchev–Trinajstić information content (AvgIpc) is 2.91. The number of rotatable bonds is 3. The molecule has 2 fully saturated rings. The second-order valence-electron chi connectivity index (χ2n) is 6.36. The van der Waals surface area contributed by atoms with E-state index in [0.717, 1.165) is 39.1 Å². The first-order valence-electron chi connectivity index (χ1n) is 7.79. The minimum absolute atomic E-state index is 0.0278. The first-order valence-corrected chi connectivity index (χ1v) is 8.58. The fraction of sp³-hybridized carbons (Fsp3) is 0.647. The Morgan fingerprint density at radius 3 is 2.90 bits per heavy atom. The highest BCUT2D eigenvalue weighted by Crippen LogP contribution is 2.41. The molecule has 3 rings (SSSR count). The maximum absolute atomic E-state index is 6.07. The lowest BCUT2D eigenvalue weighted by Crippen LogP contribution is -2.43. The van der Waals surface area contributed by atoms with Crippen molar-refractivity contribution in [1.82, 2.24) is 5.32 Å². The highest BCUT2D eigenvalue weighted by Gasteiger charge is 2.43. The molecule has 0 bridgehead atoms. The molecule has 0 radical (unpaired) electrons. The molecule has 2 aliphatic rings. The van der Waals surface area contributed by atoms with E-state index in [1.807, 2.05) is 0 Å². The summed E-state index contributed by atoms with van der Waals surface area (Å²) in [5.41, 5.74) is 2.61. The van der Waals surface area contributed by atoms with Crippen LogP contribution in [0.15, 0.2) is 22.7 Å². The number of ether oxygens (including phenoxy) is 2. The molecular formula is C17H24BrNO2. The summed E-state index contributed by atoms with van der Waals surface area (Å²) >= 11 is 3.65. The normalized spacial score (nSPS) is 30.7. The van der Waals surface area contributed by atoms with Crippen LogP contribution >= 0.6 is 15.9 Å². The predicted molar refractivity (Wildman–Crippen MR) is 87.5 cm³/mol. The number of benzene rings is 1. The molecule has 116 valence electrons. The van der Waals surface area contributed by atoms with E-state index in [0.29, 0.717) is 12.0 Å². The van der Waals surface area contributed by atoms with Gasteiger partial charge in [0.1, 0.15) is 0 Å². The summed E-state index contributed by atoms with van der Waals surface area (Å²) in [6.07, 6.45) is 3.24. The van der Waals surface area contributed by atoms with Crippen LogP contribution in [0.25, 0.3) is 0 Å². The monoisotopic (exact) mass is 353 g/mol. The van der Waals surface area contributed by atoms with Gasteiger partial charge in [-0.3, -0.25) is 0 Å². The van der Waals surface area contributed by atoms with Gasteiger partial charge in [-0.25, -0.2) is 0 Å². The summed E-state index contributed by atoms with van der Waals surface area (Å²) in [5.74, 6) is 0.597. The molecule has 3 nitrogen and oxygen atoms in total. The van der Waals surface area contributed by atoms with E-state index in [4.69, 9.17) is 9.47 Å². The molecule has 1 N–H and O–H groups in total. The first-order chi connectivity index (χ1) is 10.1. The van der Waals surface area contributed by atoms with Crippen LogP contribution in [0.1, 0.15) is 36.4 Å². The minimum atomic E-state index is -0.0278. The quantitative estimate of drug-likeness (QED) is 0.900. The number of hydrogen-bond donors (Lipinski definition) is 1. The molecule has 2 aliphatic heterocycles. The lowest BCUT2D eigenvalue weighted by Gasteiger charge is -2.40. The third-order valence-corrected chi connectivity index (χ3v) is 5.79. The Morgan fingerprint density at radius 2 is 2.24 bits per heavy atom. The van der Waals surface area contributed by atoms with E-state index in [1.165, 1.54) is 15.6 Å². The number of aryl methyl sites for hydroxylation is 1. The number of nitrogens with one attached hydrogen (secondary N) is 1. The van der Waals surface area contributed by atoms with E-state index in [1.54, 1.807) is 0 Å². The molecule has 0 saturated carbocycles. The van der Waals surface area contributed by atoms with E-state index in [-0.39, 0.29) is 5.60 Å². The second kappa shape index (κ2) is 6.37. The summed E-state index contributed by atoms with van der Waals surface area (Å²) in [6, 6.07) is 7.07. The van der Waals surface area contributed by atoms with Gasteiger partial charge in [0.05, 0.1) is 12.2 Å². The van der Waals surface area contributed by atoms with Gasteiger partial charge in [-0.15, -0.1) is 0 Å². The topological polar surface area (TPSA) is 30.5 Å². The maximum atomic E-state index is 6.07. The fourth-order valence-corrected chi connectivity index (χ4v) is 4.09. The van der Waals surface area contributed by atoms with Gasteiger partial charge >= 0.3 is 0 Å². The van der Waals surface area contributed by atoms with Gasteiger partial charge < -0.3 is 14.8 Å². The second-order valence-corrected chi connectivity index (χ2v) is 7.22. The van der Waals surface area contributed by atoms with E-state index in [9.17, 15) is 0 Å². The van der Waals surface area contributed by atoms with Crippen molar-refractivity contribution in [3.8, 4) is 0 Å². The number of hydrogen-bond acceptors (Lipinski definition) is 3. The summed E-state index contributed by atoms with van der Waals surface area (Å²) in [5, 5.41) is 3.52. The van der Waals surface area contributed by atoms with Crippen molar-refractivity contribution in [3.63, 3.8) is 0 Å². The van der Waals surface area contributed by atoms with Gasteiger partial charge in [0.15, 0.2) is 0 Å². The molecule has 0 aromatic heterocycles. The van der Waals surface area contributed by atoms with Crippen LogP contribution in [-0.2, 0) is 9.47 Å². The van der Waals surface area contributed by atoms with Crippen molar-refractivity contribution < 1.29 is 9.47 Å². The van der Waals surface area contributed by atoms with Gasteiger partial charge in [0, 0.05) is 30.1 Å². The minimum Gasteiger partial charge on any atom is -0.378 e.